The zero-order chi connectivity index (χ0) is 9.97. The van der Waals surface area contributed by atoms with Crippen LogP contribution >= 0.6 is 0 Å². The molecule has 0 spiro atoms. The lowest BCUT2D eigenvalue weighted by Gasteiger charge is -2.03. The summed E-state index contributed by atoms with van der Waals surface area (Å²) in [4.78, 5) is 15.3. The van der Waals surface area contributed by atoms with E-state index in [0.29, 0.717) is 5.56 Å². The van der Waals surface area contributed by atoms with Gasteiger partial charge < -0.3 is 5.23 Å². The van der Waals surface area contributed by atoms with Crippen LogP contribution in [0.1, 0.15) is 10.4 Å². The molecule has 1 aromatic carbocycles. The molecule has 0 saturated heterocycles. The molecule has 0 unspecified atom stereocenters. The summed E-state index contributed by atoms with van der Waals surface area (Å²) in [5, 5.41) is 3.88. The second-order valence-corrected chi connectivity index (χ2v) is 2.88. The summed E-state index contributed by atoms with van der Waals surface area (Å²) in [6, 6.07) is 7.30. The lowest BCUT2D eigenvalue weighted by molar-refractivity contribution is 0.0983. The number of aromatic nitrogens is 1. The molecule has 0 bridgehead atoms. The molecule has 1 aromatic heterocycles. The summed E-state index contributed by atoms with van der Waals surface area (Å²) in [7, 11) is 5.08. The number of fused-ring (bicyclic) bond motifs is 1. The van der Waals surface area contributed by atoms with E-state index in [1.54, 1.807) is 18.5 Å². The van der Waals surface area contributed by atoms with Crippen molar-refractivity contribution < 1.29 is 4.79 Å². The third-order valence-electron chi connectivity index (χ3n) is 2.06. The predicted octanol–water partition coefficient (Wildman–Crippen LogP) is 1.05. The molecule has 0 saturated carbocycles. The number of nitrogens with one attached hydrogen (secondary N) is 1. The summed E-state index contributed by atoms with van der Waals surface area (Å²) < 4.78 is 0. The van der Waals surface area contributed by atoms with Gasteiger partial charge in [0.2, 0.25) is 13.9 Å². The van der Waals surface area contributed by atoms with Gasteiger partial charge >= 0.3 is 0 Å². The van der Waals surface area contributed by atoms with E-state index in [1.807, 2.05) is 18.2 Å². The number of carbonyl (C=O) groups is 1. The number of rotatable bonds is 1. The van der Waals surface area contributed by atoms with Crippen molar-refractivity contribution in [2.45, 2.75) is 0 Å². The van der Waals surface area contributed by atoms with Crippen molar-refractivity contribution in [2.75, 3.05) is 0 Å². The summed E-state index contributed by atoms with van der Waals surface area (Å²) >= 11 is 0. The molecule has 2 aromatic rings. The largest absolute Gasteiger partial charge is 0.405 e. The van der Waals surface area contributed by atoms with Crippen molar-refractivity contribution in [2.24, 2.45) is 0 Å². The summed E-state index contributed by atoms with van der Waals surface area (Å²) in [5.74, 6) is -0.302. The molecule has 66 valence electrons. The standard InChI is InChI=1S/C10H7BN2O/c11-13-10(14)8-3-1-2-7-4-5-12-6-9(7)8/h1-6H,(H,13,14). The second-order valence-electron chi connectivity index (χ2n) is 2.88. The molecule has 0 aliphatic carbocycles. The quantitative estimate of drug-likeness (QED) is 0.669. The Labute approximate surface area is 82.6 Å². The maximum absolute atomic E-state index is 11.4. The number of hydrogen-bond acceptors (Lipinski definition) is 2. The molecule has 1 N–H and O–H groups in total. The maximum Gasteiger partial charge on any atom is 0.239 e. The highest BCUT2D eigenvalue weighted by molar-refractivity contribution is 6.21. The van der Waals surface area contributed by atoms with Crippen molar-refractivity contribution in [3.05, 3.63) is 42.2 Å². The van der Waals surface area contributed by atoms with Gasteiger partial charge in [0, 0.05) is 23.3 Å². The van der Waals surface area contributed by atoms with Crippen molar-refractivity contribution in [3.63, 3.8) is 0 Å². The number of benzene rings is 1. The molecular formula is C10H7BN2O. The Morgan fingerprint density at radius 2 is 2.21 bits per heavy atom. The van der Waals surface area contributed by atoms with Crippen molar-refractivity contribution in [1.29, 1.82) is 0 Å². The monoisotopic (exact) mass is 182 g/mol. The molecule has 2 radical (unpaired) electrons. The Bertz CT molecular complexity index is 479. The Morgan fingerprint density at radius 3 is 3.00 bits per heavy atom. The van der Waals surface area contributed by atoms with Gasteiger partial charge in [-0.2, -0.15) is 0 Å². The molecule has 0 aliphatic heterocycles. The lowest BCUT2D eigenvalue weighted by atomic mass is 10.1. The van der Waals surface area contributed by atoms with Crippen LogP contribution in [0.15, 0.2) is 36.7 Å². The molecule has 0 aliphatic rings. The fraction of sp³-hybridized carbons (Fsp3) is 0. The first-order chi connectivity index (χ1) is 6.83. The first-order valence-electron chi connectivity index (χ1n) is 4.16. The van der Waals surface area contributed by atoms with Crippen molar-refractivity contribution in [1.82, 2.24) is 10.2 Å². The van der Waals surface area contributed by atoms with Gasteiger partial charge in [-0.15, -0.1) is 0 Å². The highest BCUT2D eigenvalue weighted by Gasteiger charge is 2.06. The van der Waals surface area contributed by atoms with E-state index in [4.69, 9.17) is 7.98 Å². The molecule has 0 atom stereocenters. The van der Waals surface area contributed by atoms with Gasteiger partial charge in [0.15, 0.2) is 0 Å². The van der Waals surface area contributed by atoms with Crippen LogP contribution < -0.4 is 5.23 Å². The van der Waals surface area contributed by atoms with E-state index in [1.165, 1.54) is 0 Å². The van der Waals surface area contributed by atoms with Crippen LogP contribution in [0.3, 0.4) is 0 Å². The van der Waals surface area contributed by atoms with Gasteiger partial charge in [0.05, 0.1) is 0 Å². The minimum atomic E-state index is -0.302. The lowest BCUT2D eigenvalue weighted by Crippen LogP contribution is -2.19. The van der Waals surface area contributed by atoms with Crippen molar-refractivity contribution in [3.8, 4) is 0 Å². The first-order valence-corrected chi connectivity index (χ1v) is 4.16. The Morgan fingerprint density at radius 1 is 1.36 bits per heavy atom. The molecular weight excluding hydrogens is 175 g/mol. The minimum absolute atomic E-state index is 0.302. The van der Waals surface area contributed by atoms with Gasteiger partial charge in [-0.25, -0.2) is 0 Å². The van der Waals surface area contributed by atoms with Crippen LogP contribution in [0.4, 0.5) is 0 Å². The van der Waals surface area contributed by atoms with Crippen LogP contribution in [0.5, 0.6) is 0 Å². The van der Waals surface area contributed by atoms with E-state index in [0.717, 1.165) is 10.8 Å². The molecule has 3 nitrogen and oxygen atoms in total. The number of nitrogens with zero attached hydrogens (tertiary/aromatic N) is 1. The summed E-state index contributed by atoms with van der Waals surface area (Å²) in [6.07, 6.45) is 3.34. The smallest absolute Gasteiger partial charge is 0.239 e. The van der Waals surface area contributed by atoms with Crippen LogP contribution in [-0.2, 0) is 0 Å². The predicted molar refractivity (Wildman–Crippen MR) is 55.0 cm³/mol. The highest BCUT2D eigenvalue weighted by atomic mass is 16.1. The van der Waals surface area contributed by atoms with Gasteiger partial charge in [-0.3, -0.25) is 9.78 Å². The van der Waals surface area contributed by atoms with E-state index in [-0.39, 0.29) is 5.91 Å². The van der Waals surface area contributed by atoms with Crippen LogP contribution in [0.25, 0.3) is 10.8 Å². The summed E-state index contributed by atoms with van der Waals surface area (Å²) in [6.45, 7) is 0. The van der Waals surface area contributed by atoms with E-state index in [9.17, 15) is 4.79 Å². The maximum atomic E-state index is 11.4. The van der Waals surface area contributed by atoms with Crippen LogP contribution in [-0.4, -0.2) is 18.9 Å². The SMILES string of the molecule is [B]NC(=O)c1cccc2ccncc12. The zero-order valence-electron chi connectivity index (χ0n) is 7.40. The second kappa shape index (κ2) is 3.50. The number of pyridine rings is 1. The van der Waals surface area contributed by atoms with Crippen LogP contribution in [0, 0.1) is 0 Å². The molecule has 1 heterocycles. The average molecular weight is 182 g/mol. The highest BCUT2D eigenvalue weighted by Crippen LogP contribution is 2.16. The topological polar surface area (TPSA) is 42.0 Å². The molecule has 1 amide bonds. The van der Waals surface area contributed by atoms with Crippen LogP contribution in [0.2, 0.25) is 0 Å². The van der Waals surface area contributed by atoms with Gasteiger partial charge in [0.25, 0.3) is 0 Å². The van der Waals surface area contributed by atoms with Crippen molar-refractivity contribution >= 4 is 24.7 Å². The third-order valence-corrected chi connectivity index (χ3v) is 2.06. The van der Waals surface area contributed by atoms with E-state index in [2.05, 4.69) is 10.2 Å². The Hall–Kier alpha value is -1.84. The number of carbonyl (C=O) groups excluding carboxylic acids is 1. The Kier molecular flexibility index (Phi) is 2.19. The summed E-state index contributed by atoms with van der Waals surface area (Å²) in [5.41, 5.74) is 0.540. The minimum Gasteiger partial charge on any atom is -0.405 e. The fourth-order valence-electron chi connectivity index (χ4n) is 1.39. The molecule has 2 rings (SSSR count). The fourth-order valence-corrected chi connectivity index (χ4v) is 1.39. The van der Waals surface area contributed by atoms with E-state index < -0.39 is 0 Å². The first kappa shape index (κ1) is 8.75. The average Bonchev–Trinajstić information content (AvgIpc) is 2.27. The Balaban J connectivity index is 2.71. The van der Waals surface area contributed by atoms with Gasteiger partial charge in [-0.05, 0) is 17.5 Å². The van der Waals surface area contributed by atoms with E-state index >= 15 is 0 Å². The molecule has 4 heteroatoms. The van der Waals surface area contributed by atoms with Gasteiger partial charge in [-0.1, -0.05) is 12.1 Å². The number of hydrogen-bond donors (Lipinski definition) is 1. The molecule has 14 heavy (non-hydrogen) atoms. The molecule has 0 fully saturated rings. The number of amides is 1. The zero-order valence-corrected chi connectivity index (χ0v) is 7.40. The van der Waals surface area contributed by atoms with Gasteiger partial charge in [0.1, 0.15) is 0 Å². The third kappa shape index (κ3) is 1.35. The normalized spacial score (nSPS) is 10.0.